The molecule has 1 saturated heterocycles. The lowest BCUT2D eigenvalue weighted by molar-refractivity contribution is -0.0380. The Kier molecular flexibility index (Phi) is 4.00. The third kappa shape index (κ3) is 2.90. The number of methoxy groups -OCH3 is 1. The smallest absolute Gasteiger partial charge is 0.490 e. The third-order valence-corrected chi connectivity index (χ3v) is 5.09. The summed E-state index contributed by atoms with van der Waals surface area (Å²) in [5, 5.41) is 0. The molecule has 1 aromatic rings. The quantitative estimate of drug-likeness (QED) is 0.801. The topological polar surface area (TPSA) is 36.9 Å². The van der Waals surface area contributed by atoms with E-state index >= 15 is 0 Å². The van der Waals surface area contributed by atoms with Gasteiger partial charge in [-0.05, 0) is 45.3 Å². The van der Waals surface area contributed by atoms with E-state index in [1.165, 1.54) is 0 Å². The summed E-state index contributed by atoms with van der Waals surface area (Å²) in [5.41, 5.74) is 0.399. The second-order valence-corrected chi connectivity index (χ2v) is 7.23. The van der Waals surface area contributed by atoms with Crippen LogP contribution in [0.2, 0.25) is 0 Å². The molecule has 0 spiro atoms. The number of ether oxygens (including phenoxy) is 2. The standard InChI is InChI=1S/C17H25BO4/c1-16(2)17(3,4)22-18(21-16)12-6-8-13(9-7-12)20-15-10-14(11-15)19-5/h6-9,14-15H,10-11H2,1-5H3. The molecule has 3 rings (SSSR count). The van der Waals surface area contributed by atoms with Gasteiger partial charge in [0.05, 0.1) is 17.3 Å². The molecule has 1 aliphatic heterocycles. The minimum atomic E-state index is -0.319. The monoisotopic (exact) mass is 304 g/mol. The molecule has 0 aromatic heterocycles. The van der Waals surface area contributed by atoms with Crippen LogP contribution in [-0.4, -0.2) is 37.6 Å². The molecule has 120 valence electrons. The van der Waals surface area contributed by atoms with Crippen molar-refractivity contribution in [3.63, 3.8) is 0 Å². The number of hydrogen-bond acceptors (Lipinski definition) is 4. The number of rotatable bonds is 4. The largest absolute Gasteiger partial charge is 0.494 e. The van der Waals surface area contributed by atoms with Gasteiger partial charge in [0.2, 0.25) is 0 Å². The molecule has 1 saturated carbocycles. The maximum atomic E-state index is 6.05. The second kappa shape index (κ2) is 5.55. The summed E-state index contributed by atoms with van der Waals surface area (Å²) in [6, 6.07) is 8.01. The van der Waals surface area contributed by atoms with Crippen molar-refractivity contribution in [1.82, 2.24) is 0 Å². The maximum Gasteiger partial charge on any atom is 0.494 e. The molecular weight excluding hydrogens is 279 g/mol. The molecule has 0 radical (unpaired) electrons. The average molecular weight is 304 g/mol. The summed E-state index contributed by atoms with van der Waals surface area (Å²) in [4.78, 5) is 0. The molecule has 22 heavy (non-hydrogen) atoms. The average Bonchev–Trinajstić information content (AvgIpc) is 2.63. The first-order valence-corrected chi connectivity index (χ1v) is 7.96. The minimum absolute atomic E-state index is 0.271. The molecule has 0 unspecified atom stereocenters. The predicted molar refractivity (Wildman–Crippen MR) is 86.6 cm³/mol. The van der Waals surface area contributed by atoms with Gasteiger partial charge in [0, 0.05) is 20.0 Å². The van der Waals surface area contributed by atoms with Crippen molar-refractivity contribution < 1.29 is 18.8 Å². The van der Waals surface area contributed by atoms with E-state index in [1.54, 1.807) is 7.11 Å². The van der Waals surface area contributed by atoms with Crippen molar-refractivity contribution in [3.8, 4) is 5.75 Å². The number of benzene rings is 1. The van der Waals surface area contributed by atoms with Gasteiger partial charge in [-0.2, -0.15) is 0 Å². The fraction of sp³-hybridized carbons (Fsp3) is 0.647. The molecule has 1 aliphatic carbocycles. The van der Waals surface area contributed by atoms with Crippen LogP contribution in [0.25, 0.3) is 0 Å². The zero-order valence-corrected chi connectivity index (χ0v) is 14.1. The Hall–Kier alpha value is -1.04. The van der Waals surface area contributed by atoms with E-state index in [0.29, 0.717) is 6.10 Å². The van der Waals surface area contributed by atoms with Crippen LogP contribution in [0.1, 0.15) is 40.5 Å². The lowest BCUT2D eigenvalue weighted by atomic mass is 9.79. The first-order valence-electron chi connectivity index (χ1n) is 7.96. The highest BCUT2D eigenvalue weighted by atomic mass is 16.7. The fourth-order valence-corrected chi connectivity index (χ4v) is 2.68. The molecule has 0 bridgehead atoms. The van der Waals surface area contributed by atoms with Crippen molar-refractivity contribution in [2.75, 3.05) is 7.11 Å². The van der Waals surface area contributed by atoms with E-state index in [1.807, 2.05) is 24.3 Å². The summed E-state index contributed by atoms with van der Waals surface area (Å²) >= 11 is 0. The molecule has 1 heterocycles. The van der Waals surface area contributed by atoms with Gasteiger partial charge < -0.3 is 18.8 Å². The molecule has 4 nitrogen and oxygen atoms in total. The van der Waals surface area contributed by atoms with Crippen molar-refractivity contribution in [1.29, 1.82) is 0 Å². The third-order valence-electron chi connectivity index (χ3n) is 5.09. The Morgan fingerprint density at radius 1 is 0.955 bits per heavy atom. The van der Waals surface area contributed by atoms with Crippen LogP contribution in [0.5, 0.6) is 5.75 Å². The SMILES string of the molecule is COC1CC(Oc2ccc(B3OC(C)(C)C(C)(C)O3)cc2)C1. The Morgan fingerprint density at radius 3 is 2.00 bits per heavy atom. The van der Waals surface area contributed by atoms with E-state index in [2.05, 4.69) is 27.7 Å². The molecule has 1 aromatic carbocycles. The summed E-state index contributed by atoms with van der Waals surface area (Å²) in [7, 11) is 1.43. The van der Waals surface area contributed by atoms with E-state index in [-0.39, 0.29) is 24.4 Å². The molecular formula is C17H25BO4. The highest BCUT2D eigenvalue weighted by Gasteiger charge is 2.51. The van der Waals surface area contributed by atoms with Crippen molar-refractivity contribution in [3.05, 3.63) is 24.3 Å². The lowest BCUT2D eigenvalue weighted by Crippen LogP contribution is -2.41. The van der Waals surface area contributed by atoms with E-state index < -0.39 is 0 Å². The van der Waals surface area contributed by atoms with Crippen molar-refractivity contribution in [2.24, 2.45) is 0 Å². The van der Waals surface area contributed by atoms with E-state index in [0.717, 1.165) is 24.1 Å². The highest BCUT2D eigenvalue weighted by molar-refractivity contribution is 6.62. The fourth-order valence-electron chi connectivity index (χ4n) is 2.68. The van der Waals surface area contributed by atoms with Gasteiger partial charge in [0.25, 0.3) is 0 Å². The molecule has 2 aliphatic rings. The molecule has 0 amide bonds. The summed E-state index contributed by atoms with van der Waals surface area (Å²) in [6.07, 6.45) is 2.56. The van der Waals surface area contributed by atoms with Crippen LogP contribution in [0.15, 0.2) is 24.3 Å². The van der Waals surface area contributed by atoms with Gasteiger partial charge >= 0.3 is 7.12 Å². The Bertz CT molecular complexity index is 504. The van der Waals surface area contributed by atoms with Gasteiger partial charge in [-0.25, -0.2) is 0 Å². The zero-order valence-electron chi connectivity index (χ0n) is 14.1. The van der Waals surface area contributed by atoms with Crippen LogP contribution < -0.4 is 10.2 Å². The Labute approximate surface area is 133 Å². The minimum Gasteiger partial charge on any atom is -0.490 e. The zero-order chi connectivity index (χ0) is 16.0. The Balaban J connectivity index is 1.61. The molecule has 0 atom stereocenters. The van der Waals surface area contributed by atoms with Crippen molar-refractivity contribution >= 4 is 12.6 Å². The van der Waals surface area contributed by atoms with Gasteiger partial charge in [-0.15, -0.1) is 0 Å². The molecule has 5 heteroatoms. The second-order valence-electron chi connectivity index (χ2n) is 7.23. The highest BCUT2D eigenvalue weighted by Crippen LogP contribution is 2.36. The van der Waals surface area contributed by atoms with Gasteiger partial charge in [-0.1, -0.05) is 12.1 Å². The van der Waals surface area contributed by atoms with Gasteiger partial charge in [-0.3, -0.25) is 0 Å². The first-order chi connectivity index (χ1) is 10.3. The lowest BCUT2D eigenvalue weighted by Gasteiger charge is -2.34. The summed E-state index contributed by atoms with van der Waals surface area (Å²) < 4.78 is 23.3. The number of hydrogen-bond donors (Lipinski definition) is 0. The summed E-state index contributed by atoms with van der Waals surface area (Å²) in [5.74, 6) is 0.889. The molecule has 2 fully saturated rings. The van der Waals surface area contributed by atoms with Gasteiger partial charge in [0.1, 0.15) is 11.9 Å². The summed E-state index contributed by atoms with van der Waals surface area (Å²) in [6.45, 7) is 8.25. The van der Waals surface area contributed by atoms with Gasteiger partial charge in [0.15, 0.2) is 0 Å². The van der Waals surface area contributed by atoms with Crippen LogP contribution in [-0.2, 0) is 14.0 Å². The Morgan fingerprint density at radius 2 is 1.50 bits per heavy atom. The van der Waals surface area contributed by atoms with Crippen molar-refractivity contribution in [2.45, 2.75) is 63.9 Å². The van der Waals surface area contributed by atoms with Crippen LogP contribution in [0, 0.1) is 0 Å². The van der Waals surface area contributed by atoms with Crippen LogP contribution in [0.4, 0.5) is 0 Å². The maximum absolute atomic E-state index is 6.05. The first kappa shape index (κ1) is 15.8. The molecule has 0 N–H and O–H groups in total. The van der Waals surface area contributed by atoms with E-state index in [4.69, 9.17) is 18.8 Å². The van der Waals surface area contributed by atoms with Crippen LogP contribution in [0.3, 0.4) is 0 Å². The van der Waals surface area contributed by atoms with E-state index in [9.17, 15) is 0 Å². The predicted octanol–water partition coefficient (Wildman–Crippen LogP) is 2.54. The van der Waals surface area contributed by atoms with Crippen LogP contribution >= 0.6 is 0 Å². The normalized spacial score (nSPS) is 29.2.